The predicted molar refractivity (Wildman–Crippen MR) is 73.2 cm³/mol. The fourth-order valence-electron chi connectivity index (χ4n) is 1.84. The number of nitrogens with zero attached hydrogens (tertiary/aromatic N) is 1. The van der Waals surface area contributed by atoms with E-state index in [0.717, 1.165) is 19.3 Å². The van der Waals surface area contributed by atoms with Crippen LogP contribution in [0.5, 0.6) is 0 Å². The van der Waals surface area contributed by atoms with Crippen molar-refractivity contribution in [2.24, 2.45) is 5.73 Å². The number of nitrogens with two attached hydrogens (primary N) is 1. The van der Waals surface area contributed by atoms with E-state index in [-0.39, 0.29) is 0 Å². The van der Waals surface area contributed by atoms with Crippen molar-refractivity contribution in [1.29, 1.82) is 0 Å². The Kier molecular flexibility index (Phi) is 4.29. The van der Waals surface area contributed by atoms with Crippen LogP contribution in [-0.2, 0) is 19.4 Å². The topological polar surface area (TPSA) is 38.9 Å². The molecule has 0 fully saturated rings. The van der Waals surface area contributed by atoms with Crippen LogP contribution >= 0.6 is 11.3 Å². The third kappa shape index (κ3) is 3.38. The lowest BCUT2D eigenvalue weighted by Crippen LogP contribution is -1.97. The second kappa shape index (κ2) is 5.94. The molecule has 1 heterocycles. The zero-order chi connectivity index (χ0) is 12.1. The van der Waals surface area contributed by atoms with Gasteiger partial charge < -0.3 is 5.73 Å². The lowest BCUT2D eigenvalue weighted by Gasteiger charge is -2.01. The van der Waals surface area contributed by atoms with E-state index < -0.39 is 0 Å². The summed E-state index contributed by atoms with van der Waals surface area (Å²) in [5.41, 5.74) is 9.35. The molecule has 1 aromatic heterocycles. The number of rotatable bonds is 5. The SMILES string of the molecule is CCCc1csc(Cc2cccc(CN)c2)n1. The van der Waals surface area contributed by atoms with Crippen LogP contribution in [-0.4, -0.2) is 4.98 Å². The maximum Gasteiger partial charge on any atom is 0.0972 e. The summed E-state index contributed by atoms with van der Waals surface area (Å²) in [6.07, 6.45) is 3.16. The largest absolute Gasteiger partial charge is 0.326 e. The van der Waals surface area contributed by atoms with E-state index in [0.29, 0.717) is 6.54 Å². The summed E-state index contributed by atoms with van der Waals surface area (Å²) in [4.78, 5) is 4.64. The number of aromatic nitrogens is 1. The van der Waals surface area contributed by atoms with Gasteiger partial charge in [-0.15, -0.1) is 11.3 Å². The quantitative estimate of drug-likeness (QED) is 0.880. The summed E-state index contributed by atoms with van der Waals surface area (Å²) in [6, 6.07) is 8.44. The van der Waals surface area contributed by atoms with Crippen molar-refractivity contribution in [1.82, 2.24) is 4.98 Å². The van der Waals surface area contributed by atoms with Crippen LogP contribution in [0, 0.1) is 0 Å². The molecule has 0 aliphatic rings. The van der Waals surface area contributed by atoms with Gasteiger partial charge in [-0.05, 0) is 17.5 Å². The molecule has 90 valence electrons. The zero-order valence-electron chi connectivity index (χ0n) is 10.1. The van der Waals surface area contributed by atoms with Crippen LogP contribution in [0.3, 0.4) is 0 Å². The second-order valence-electron chi connectivity index (χ2n) is 4.18. The van der Waals surface area contributed by atoms with Crippen LogP contribution in [0.4, 0.5) is 0 Å². The highest BCUT2D eigenvalue weighted by molar-refractivity contribution is 7.09. The first-order chi connectivity index (χ1) is 8.31. The van der Waals surface area contributed by atoms with Crippen LogP contribution in [0.25, 0.3) is 0 Å². The summed E-state index contributed by atoms with van der Waals surface area (Å²) >= 11 is 1.76. The highest BCUT2D eigenvalue weighted by Gasteiger charge is 2.03. The first-order valence-electron chi connectivity index (χ1n) is 6.03. The first-order valence-corrected chi connectivity index (χ1v) is 6.91. The third-order valence-electron chi connectivity index (χ3n) is 2.69. The maximum absolute atomic E-state index is 5.64. The molecule has 0 spiro atoms. The molecule has 2 N–H and O–H groups in total. The highest BCUT2D eigenvalue weighted by atomic mass is 32.1. The van der Waals surface area contributed by atoms with Gasteiger partial charge >= 0.3 is 0 Å². The van der Waals surface area contributed by atoms with E-state index >= 15 is 0 Å². The van der Waals surface area contributed by atoms with Gasteiger partial charge in [0.2, 0.25) is 0 Å². The molecule has 0 saturated carbocycles. The first kappa shape index (κ1) is 12.3. The van der Waals surface area contributed by atoms with E-state index in [4.69, 9.17) is 5.73 Å². The minimum atomic E-state index is 0.604. The monoisotopic (exact) mass is 246 g/mol. The molecule has 3 heteroatoms. The normalized spacial score (nSPS) is 10.7. The summed E-state index contributed by atoms with van der Waals surface area (Å²) in [6.45, 7) is 2.79. The molecule has 0 aliphatic carbocycles. The number of aryl methyl sites for hydroxylation is 1. The van der Waals surface area contributed by atoms with Crippen molar-refractivity contribution in [3.05, 3.63) is 51.5 Å². The highest BCUT2D eigenvalue weighted by Crippen LogP contribution is 2.16. The van der Waals surface area contributed by atoms with Gasteiger partial charge in [-0.2, -0.15) is 0 Å². The molecule has 0 bridgehead atoms. The van der Waals surface area contributed by atoms with Gasteiger partial charge in [0.1, 0.15) is 0 Å². The number of hydrogen-bond acceptors (Lipinski definition) is 3. The van der Waals surface area contributed by atoms with E-state index in [1.165, 1.54) is 21.8 Å². The summed E-state index contributed by atoms with van der Waals surface area (Å²) in [5, 5.41) is 3.37. The maximum atomic E-state index is 5.64. The molecule has 0 saturated heterocycles. The van der Waals surface area contributed by atoms with E-state index in [1.807, 2.05) is 0 Å². The number of benzene rings is 1. The van der Waals surface area contributed by atoms with Crippen molar-refractivity contribution in [2.75, 3.05) is 0 Å². The average Bonchev–Trinajstić information content (AvgIpc) is 2.77. The van der Waals surface area contributed by atoms with Crippen LogP contribution in [0.1, 0.15) is 35.2 Å². The second-order valence-corrected chi connectivity index (χ2v) is 5.13. The summed E-state index contributed by atoms with van der Waals surface area (Å²) in [5.74, 6) is 0. The van der Waals surface area contributed by atoms with Crippen molar-refractivity contribution in [2.45, 2.75) is 32.7 Å². The van der Waals surface area contributed by atoms with Crippen LogP contribution in [0.15, 0.2) is 29.6 Å². The summed E-state index contributed by atoms with van der Waals surface area (Å²) in [7, 11) is 0. The van der Waals surface area contributed by atoms with Crippen molar-refractivity contribution in [3.8, 4) is 0 Å². The lowest BCUT2D eigenvalue weighted by atomic mass is 10.1. The predicted octanol–water partition coefficient (Wildman–Crippen LogP) is 3.15. The van der Waals surface area contributed by atoms with Gasteiger partial charge in [-0.1, -0.05) is 37.6 Å². The Morgan fingerprint density at radius 1 is 1.29 bits per heavy atom. The van der Waals surface area contributed by atoms with Gasteiger partial charge in [0.05, 0.1) is 10.7 Å². The molecular weight excluding hydrogens is 228 g/mol. The van der Waals surface area contributed by atoms with Crippen LogP contribution in [0.2, 0.25) is 0 Å². The molecule has 2 nitrogen and oxygen atoms in total. The van der Waals surface area contributed by atoms with Gasteiger partial charge in [-0.25, -0.2) is 4.98 Å². The van der Waals surface area contributed by atoms with Crippen LogP contribution < -0.4 is 5.73 Å². The molecule has 0 aliphatic heterocycles. The number of thiazole rings is 1. The minimum absolute atomic E-state index is 0.604. The van der Waals surface area contributed by atoms with Gasteiger partial charge in [0.25, 0.3) is 0 Å². The molecule has 0 atom stereocenters. The van der Waals surface area contributed by atoms with Crippen molar-refractivity contribution >= 4 is 11.3 Å². The Labute approximate surface area is 107 Å². The summed E-state index contributed by atoms with van der Waals surface area (Å²) < 4.78 is 0. The average molecular weight is 246 g/mol. The molecule has 2 rings (SSSR count). The van der Waals surface area contributed by atoms with E-state index in [1.54, 1.807) is 11.3 Å². The fraction of sp³-hybridized carbons (Fsp3) is 0.357. The zero-order valence-corrected chi connectivity index (χ0v) is 11.0. The van der Waals surface area contributed by atoms with Gasteiger partial charge in [0, 0.05) is 18.3 Å². The Morgan fingerprint density at radius 2 is 2.12 bits per heavy atom. The molecule has 2 aromatic rings. The molecule has 1 aromatic carbocycles. The molecule has 0 unspecified atom stereocenters. The van der Waals surface area contributed by atoms with Gasteiger partial charge in [0.15, 0.2) is 0 Å². The van der Waals surface area contributed by atoms with Crippen molar-refractivity contribution < 1.29 is 0 Å². The molecular formula is C14H18N2S. The minimum Gasteiger partial charge on any atom is -0.326 e. The number of hydrogen-bond donors (Lipinski definition) is 1. The molecule has 17 heavy (non-hydrogen) atoms. The Balaban J connectivity index is 2.08. The fourth-order valence-corrected chi connectivity index (χ4v) is 2.70. The third-order valence-corrected chi connectivity index (χ3v) is 3.59. The Hall–Kier alpha value is -1.19. The molecule has 0 radical (unpaired) electrons. The smallest absolute Gasteiger partial charge is 0.0972 e. The van der Waals surface area contributed by atoms with Crippen molar-refractivity contribution in [3.63, 3.8) is 0 Å². The van der Waals surface area contributed by atoms with E-state index in [2.05, 4.69) is 41.6 Å². The van der Waals surface area contributed by atoms with Gasteiger partial charge in [-0.3, -0.25) is 0 Å². The Bertz CT molecular complexity index is 477. The Morgan fingerprint density at radius 3 is 2.88 bits per heavy atom. The molecule has 0 amide bonds. The lowest BCUT2D eigenvalue weighted by molar-refractivity contribution is 0.883. The standard InChI is InChI=1S/C14H18N2S/c1-2-4-13-10-17-14(16-13)8-11-5-3-6-12(7-11)9-15/h3,5-7,10H,2,4,8-9,15H2,1H3. The van der Waals surface area contributed by atoms with E-state index in [9.17, 15) is 0 Å².